The van der Waals surface area contributed by atoms with Crippen LogP contribution in [-0.4, -0.2) is 49.2 Å². The van der Waals surface area contributed by atoms with Crippen molar-refractivity contribution >= 4 is 11.6 Å². The van der Waals surface area contributed by atoms with E-state index in [-0.39, 0.29) is 5.75 Å². The zero-order valence-electron chi connectivity index (χ0n) is 20.4. The summed E-state index contributed by atoms with van der Waals surface area (Å²) < 4.78 is 49.4. The Morgan fingerprint density at radius 1 is 0.846 bits per heavy atom. The van der Waals surface area contributed by atoms with Crippen LogP contribution in [0.5, 0.6) is 11.5 Å². The molecular formula is C26H22F3N7O3. The lowest BCUT2D eigenvalue weighted by Gasteiger charge is -2.17. The van der Waals surface area contributed by atoms with E-state index in [1.807, 2.05) is 24.3 Å². The molecular weight excluding hydrogens is 515 g/mol. The van der Waals surface area contributed by atoms with Gasteiger partial charge < -0.3 is 25.2 Å². The van der Waals surface area contributed by atoms with E-state index in [0.29, 0.717) is 28.7 Å². The van der Waals surface area contributed by atoms with Crippen LogP contribution in [0.4, 0.5) is 24.8 Å². The second-order valence-electron chi connectivity index (χ2n) is 8.14. The molecule has 0 saturated heterocycles. The summed E-state index contributed by atoms with van der Waals surface area (Å²) in [6.45, 7) is 0. The number of rotatable bonds is 9. The summed E-state index contributed by atoms with van der Waals surface area (Å²) in [5, 5.41) is 20.8. The molecule has 200 valence electrons. The van der Waals surface area contributed by atoms with Gasteiger partial charge in [0.25, 0.3) is 0 Å². The number of imidazole rings is 1. The highest BCUT2D eigenvalue weighted by Gasteiger charge is 2.31. The zero-order valence-corrected chi connectivity index (χ0v) is 20.4. The van der Waals surface area contributed by atoms with E-state index in [4.69, 9.17) is 4.74 Å². The fourth-order valence-electron chi connectivity index (χ4n) is 3.71. The lowest BCUT2D eigenvalue weighted by atomic mass is 10.2. The number of nitrogens with zero attached hydrogens (tertiary/aromatic N) is 5. The lowest BCUT2D eigenvalue weighted by molar-refractivity contribution is -0.274. The standard InChI is InChI=1S/C26H22F3N7O3/c1-38-21-10-6-19(7-11-21)35-15-14-30-24(35)33-25(37)32-18-4-2-17(3-5-18)23-31-16-36(34-23)20-8-12-22(13-9-20)39-26(27,28)29/h2-16,25,32,37H,1H3,(H,30,33). The number of hydrogen-bond acceptors (Lipinski definition) is 8. The van der Waals surface area contributed by atoms with Crippen molar-refractivity contribution in [1.82, 2.24) is 24.3 Å². The Bertz CT molecular complexity index is 1520. The predicted molar refractivity (Wildman–Crippen MR) is 137 cm³/mol. The quantitative estimate of drug-likeness (QED) is 0.230. The largest absolute Gasteiger partial charge is 0.573 e. The van der Waals surface area contributed by atoms with Gasteiger partial charge in [0.1, 0.15) is 17.8 Å². The maximum atomic E-state index is 12.4. The molecule has 0 saturated carbocycles. The van der Waals surface area contributed by atoms with Crippen LogP contribution in [-0.2, 0) is 0 Å². The Morgan fingerprint density at radius 3 is 2.18 bits per heavy atom. The molecule has 0 radical (unpaired) electrons. The van der Waals surface area contributed by atoms with Crippen LogP contribution in [0.15, 0.2) is 91.5 Å². The van der Waals surface area contributed by atoms with Gasteiger partial charge in [-0.15, -0.1) is 18.3 Å². The Kier molecular flexibility index (Phi) is 7.06. The van der Waals surface area contributed by atoms with Gasteiger partial charge in [0.2, 0.25) is 12.3 Å². The van der Waals surface area contributed by atoms with Crippen molar-refractivity contribution in [1.29, 1.82) is 0 Å². The molecule has 13 heteroatoms. The van der Waals surface area contributed by atoms with Crippen molar-refractivity contribution in [2.45, 2.75) is 12.7 Å². The molecule has 3 aromatic carbocycles. The van der Waals surface area contributed by atoms with Gasteiger partial charge in [0.15, 0.2) is 5.82 Å². The van der Waals surface area contributed by atoms with E-state index < -0.39 is 12.7 Å². The Balaban J connectivity index is 1.21. The topological polar surface area (TPSA) is 111 Å². The molecule has 1 unspecified atom stereocenters. The molecule has 5 rings (SSSR count). The van der Waals surface area contributed by atoms with Gasteiger partial charge in [-0.05, 0) is 72.8 Å². The third-order valence-corrected chi connectivity index (χ3v) is 5.53. The number of aliphatic hydroxyl groups is 1. The van der Waals surface area contributed by atoms with Gasteiger partial charge in [0.05, 0.1) is 12.8 Å². The molecule has 0 aliphatic carbocycles. The third-order valence-electron chi connectivity index (χ3n) is 5.53. The maximum Gasteiger partial charge on any atom is 0.573 e. The lowest BCUT2D eigenvalue weighted by Crippen LogP contribution is -2.29. The van der Waals surface area contributed by atoms with Crippen molar-refractivity contribution < 1.29 is 27.8 Å². The number of anilines is 2. The zero-order chi connectivity index (χ0) is 27.4. The molecule has 0 fully saturated rings. The van der Waals surface area contributed by atoms with Crippen molar-refractivity contribution in [3.05, 3.63) is 91.5 Å². The van der Waals surface area contributed by atoms with E-state index in [1.165, 1.54) is 35.3 Å². The summed E-state index contributed by atoms with van der Waals surface area (Å²) in [6, 6.07) is 19.7. The Hall–Kier alpha value is -5.04. The molecule has 3 N–H and O–H groups in total. The van der Waals surface area contributed by atoms with Crippen molar-refractivity contribution in [2.24, 2.45) is 0 Å². The fourth-order valence-corrected chi connectivity index (χ4v) is 3.71. The minimum Gasteiger partial charge on any atom is -0.497 e. The molecule has 0 aliphatic heterocycles. The molecule has 10 nitrogen and oxygen atoms in total. The number of methoxy groups -OCH3 is 1. The monoisotopic (exact) mass is 537 g/mol. The van der Waals surface area contributed by atoms with Gasteiger partial charge in [0, 0.05) is 29.3 Å². The number of hydrogen-bond donors (Lipinski definition) is 3. The number of aromatic nitrogens is 5. The first kappa shape index (κ1) is 25.6. The minimum atomic E-state index is -4.76. The number of nitrogens with one attached hydrogen (secondary N) is 2. The highest BCUT2D eigenvalue weighted by molar-refractivity contribution is 5.60. The molecule has 0 spiro atoms. The number of benzene rings is 3. The van der Waals surface area contributed by atoms with Crippen LogP contribution in [0.2, 0.25) is 0 Å². The van der Waals surface area contributed by atoms with Gasteiger partial charge in [-0.3, -0.25) is 4.57 Å². The van der Waals surface area contributed by atoms with Gasteiger partial charge >= 0.3 is 6.36 Å². The third kappa shape index (κ3) is 6.27. The minimum absolute atomic E-state index is 0.323. The first-order valence-electron chi connectivity index (χ1n) is 11.5. The van der Waals surface area contributed by atoms with Crippen LogP contribution in [0.1, 0.15) is 0 Å². The van der Waals surface area contributed by atoms with Crippen LogP contribution in [0.3, 0.4) is 0 Å². The van der Waals surface area contributed by atoms with E-state index in [1.54, 1.807) is 48.3 Å². The predicted octanol–water partition coefficient (Wildman–Crippen LogP) is 4.83. The summed E-state index contributed by atoms with van der Waals surface area (Å²) in [7, 11) is 1.60. The highest BCUT2D eigenvalue weighted by Crippen LogP contribution is 2.25. The van der Waals surface area contributed by atoms with E-state index in [2.05, 4.69) is 30.4 Å². The number of alkyl halides is 3. The van der Waals surface area contributed by atoms with Gasteiger partial charge in [-0.25, -0.2) is 14.6 Å². The molecule has 1 atom stereocenters. The summed E-state index contributed by atoms with van der Waals surface area (Å²) in [5.74, 6) is 1.26. The van der Waals surface area contributed by atoms with Gasteiger partial charge in [-0.1, -0.05) is 0 Å². The smallest absolute Gasteiger partial charge is 0.497 e. The number of aliphatic hydroxyl groups excluding tert-OH is 1. The summed E-state index contributed by atoms with van der Waals surface area (Å²) in [6.07, 6.45) is -1.06. The maximum absolute atomic E-state index is 12.4. The van der Waals surface area contributed by atoms with Crippen LogP contribution in [0, 0.1) is 0 Å². The van der Waals surface area contributed by atoms with Gasteiger partial charge in [-0.2, -0.15) is 0 Å². The Morgan fingerprint density at radius 2 is 1.51 bits per heavy atom. The SMILES string of the molecule is COc1ccc(-n2ccnc2NC(O)Nc2ccc(-c3ncn(-c4ccc(OC(F)(F)F)cc4)n3)cc2)cc1. The average Bonchev–Trinajstić information content (AvgIpc) is 3.59. The summed E-state index contributed by atoms with van der Waals surface area (Å²) >= 11 is 0. The molecule has 2 aromatic heterocycles. The highest BCUT2D eigenvalue weighted by atomic mass is 19.4. The molecule has 0 amide bonds. The van der Waals surface area contributed by atoms with E-state index in [0.717, 1.165) is 11.4 Å². The molecule has 0 bridgehead atoms. The second kappa shape index (κ2) is 10.8. The first-order valence-corrected chi connectivity index (χ1v) is 11.5. The van der Waals surface area contributed by atoms with E-state index >= 15 is 0 Å². The first-order chi connectivity index (χ1) is 18.8. The van der Waals surface area contributed by atoms with Crippen LogP contribution >= 0.6 is 0 Å². The Labute approximate surface area is 220 Å². The normalized spacial score (nSPS) is 12.1. The average molecular weight is 538 g/mol. The van der Waals surface area contributed by atoms with Crippen molar-refractivity contribution in [3.8, 4) is 34.3 Å². The summed E-state index contributed by atoms with van der Waals surface area (Å²) in [4.78, 5) is 8.54. The summed E-state index contributed by atoms with van der Waals surface area (Å²) in [5.41, 5.74) is 2.68. The number of ether oxygens (including phenoxy) is 2. The van der Waals surface area contributed by atoms with Crippen molar-refractivity contribution in [2.75, 3.05) is 17.7 Å². The second-order valence-corrected chi connectivity index (χ2v) is 8.14. The fraction of sp³-hybridized carbons (Fsp3) is 0.115. The van der Waals surface area contributed by atoms with Crippen molar-refractivity contribution in [3.63, 3.8) is 0 Å². The molecule has 5 aromatic rings. The molecule has 2 heterocycles. The van der Waals surface area contributed by atoms with E-state index in [9.17, 15) is 18.3 Å². The number of halogens is 3. The van der Waals surface area contributed by atoms with Crippen LogP contribution < -0.4 is 20.1 Å². The molecule has 0 aliphatic rings. The van der Waals surface area contributed by atoms with Crippen LogP contribution in [0.25, 0.3) is 22.8 Å². The molecule has 39 heavy (non-hydrogen) atoms.